The van der Waals surface area contributed by atoms with Crippen LogP contribution in [0.2, 0.25) is 0 Å². The van der Waals surface area contributed by atoms with Crippen LogP contribution >= 0.6 is 0 Å². The van der Waals surface area contributed by atoms with E-state index in [-0.39, 0.29) is 31.0 Å². The van der Waals surface area contributed by atoms with Crippen LogP contribution in [0.3, 0.4) is 0 Å². The molecule has 0 fully saturated rings. The molecule has 0 aliphatic rings. The van der Waals surface area contributed by atoms with Gasteiger partial charge in [-0.15, -0.1) is 0 Å². The molecule has 116 valence electrons. The second kappa shape index (κ2) is 7.56. The maximum atomic E-state index is 11.9. The fraction of sp³-hybridized carbons (Fsp3) is 0.294. The van der Waals surface area contributed by atoms with Crippen molar-refractivity contribution in [3.63, 3.8) is 0 Å². The van der Waals surface area contributed by atoms with Gasteiger partial charge in [-0.05, 0) is 18.6 Å². The molecule has 0 spiro atoms. The maximum absolute atomic E-state index is 11.9. The third kappa shape index (κ3) is 4.86. The Labute approximate surface area is 129 Å². The minimum atomic E-state index is -0.804. The maximum Gasteiger partial charge on any atom is 0.250 e. The molecule has 5 nitrogen and oxygen atoms in total. The first-order valence-electron chi connectivity index (χ1n) is 7.20. The second-order valence-electron chi connectivity index (χ2n) is 5.31. The zero-order valence-electron chi connectivity index (χ0n) is 12.5. The summed E-state index contributed by atoms with van der Waals surface area (Å²) in [6, 6.07) is 12.5. The molecule has 0 saturated carbocycles. The lowest BCUT2D eigenvalue weighted by molar-refractivity contribution is -0.120. The summed E-state index contributed by atoms with van der Waals surface area (Å²) in [5.41, 5.74) is 1.87. The van der Waals surface area contributed by atoms with Gasteiger partial charge in [-0.25, -0.2) is 0 Å². The predicted molar refractivity (Wildman–Crippen MR) is 84.6 cm³/mol. The molecule has 0 bridgehead atoms. The third-order valence-corrected chi connectivity index (χ3v) is 3.29. The molecule has 1 heterocycles. The molecule has 0 aliphatic carbocycles. The standard InChI is InChI=1S/C17H20N2O3/c1-13-5-4-6-14(9-13)10-16(21)18-11-15(20)12-19-8-3-2-7-17(19)22/h2-9,15,20H,10-12H2,1H3,(H,18,21). The Morgan fingerprint density at radius 1 is 1.27 bits per heavy atom. The number of aromatic nitrogens is 1. The minimum absolute atomic E-state index is 0.117. The molecule has 1 amide bonds. The first-order valence-corrected chi connectivity index (χ1v) is 7.20. The Hall–Kier alpha value is -2.40. The van der Waals surface area contributed by atoms with E-state index in [9.17, 15) is 14.7 Å². The normalized spacial score (nSPS) is 11.9. The molecular formula is C17H20N2O3. The van der Waals surface area contributed by atoms with Crippen LogP contribution in [0.5, 0.6) is 0 Å². The van der Waals surface area contributed by atoms with E-state index < -0.39 is 6.10 Å². The molecule has 1 unspecified atom stereocenters. The van der Waals surface area contributed by atoms with Crippen molar-refractivity contribution in [1.82, 2.24) is 9.88 Å². The van der Waals surface area contributed by atoms with Gasteiger partial charge in [0.1, 0.15) is 0 Å². The minimum Gasteiger partial charge on any atom is -0.389 e. The van der Waals surface area contributed by atoms with Gasteiger partial charge in [0.05, 0.1) is 19.1 Å². The summed E-state index contributed by atoms with van der Waals surface area (Å²) in [6.45, 7) is 2.25. The average Bonchev–Trinajstić information content (AvgIpc) is 2.48. The summed E-state index contributed by atoms with van der Waals surface area (Å²) in [6.07, 6.45) is 1.08. The van der Waals surface area contributed by atoms with Crippen molar-refractivity contribution in [2.24, 2.45) is 0 Å². The first kappa shape index (κ1) is 16.0. The number of nitrogens with one attached hydrogen (secondary N) is 1. The largest absolute Gasteiger partial charge is 0.389 e. The monoisotopic (exact) mass is 300 g/mol. The van der Waals surface area contributed by atoms with Crippen molar-refractivity contribution < 1.29 is 9.90 Å². The van der Waals surface area contributed by atoms with Crippen molar-refractivity contribution in [2.75, 3.05) is 6.54 Å². The number of nitrogens with zero attached hydrogens (tertiary/aromatic N) is 1. The predicted octanol–water partition coefficient (Wildman–Crippen LogP) is 0.877. The van der Waals surface area contributed by atoms with Crippen LogP contribution in [0.25, 0.3) is 0 Å². The van der Waals surface area contributed by atoms with Crippen molar-refractivity contribution >= 4 is 5.91 Å². The Morgan fingerprint density at radius 3 is 2.82 bits per heavy atom. The second-order valence-corrected chi connectivity index (χ2v) is 5.31. The highest BCUT2D eigenvalue weighted by molar-refractivity contribution is 5.78. The van der Waals surface area contributed by atoms with Gasteiger partial charge >= 0.3 is 0 Å². The molecule has 5 heteroatoms. The molecule has 2 rings (SSSR count). The van der Waals surface area contributed by atoms with E-state index in [1.54, 1.807) is 18.3 Å². The number of aliphatic hydroxyl groups excluding tert-OH is 1. The van der Waals surface area contributed by atoms with Crippen molar-refractivity contribution in [3.05, 3.63) is 70.1 Å². The van der Waals surface area contributed by atoms with Crippen LogP contribution in [0.4, 0.5) is 0 Å². The molecule has 22 heavy (non-hydrogen) atoms. The smallest absolute Gasteiger partial charge is 0.250 e. The zero-order chi connectivity index (χ0) is 15.9. The molecule has 1 aromatic carbocycles. The highest BCUT2D eigenvalue weighted by Crippen LogP contribution is 2.04. The molecule has 0 radical (unpaired) electrons. The van der Waals surface area contributed by atoms with Crippen LogP contribution in [0, 0.1) is 6.92 Å². The molecule has 2 N–H and O–H groups in total. The molecular weight excluding hydrogens is 280 g/mol. The Bertz CT molecular complexity index is 694. The van der Waals surface area contributed by atoms with Crippen LogP contribution in [0.15, 0.2) is 53.5 Å². The van der Waals surface area contributed by atoms with Gasteiger partial charge in [-0.1, -0.05) is 35.9 Å². The van der Waals surface area contributed by atoms with Crippen molar-refractivity contribution in [3.8, 4) is 0 Å². The van der Waals surface area contributed by atoms with Crippen LogP contribution < -0.4 is 10.9 Å². The van der Waals surface area contributed by atoms with E-state index >= 15 is 0 Å². The SMILES string of the molecule is Cc1cccc(CC(=O)NCC(O)Cn2ccccc2=O)c1. The molecule has 2 aromatic rings. The van der Waals surface area contributed by atoms with E-state index in [0.717, 1.165) is 11.1 Å². The van der Waals surface area contributed by atoms with Gasteiger partial charge in [0.25, 0.3) is 5.56 Å². The number of aliphatic hydroxyl groups is 1. The van der Waals surface area contributed by atoms with Crippen molar-refractivity contribution in [1.29, 1.82) is 0 Å². The first-order chi connectivity index (χ1) is 10.5. The quantitative estimate of drug-likeness (QED) is 0.832. The van der Waals surface area contributed by atoms with E-state index in [2.05, 4.69) is 5.32 Å². The molecule has 1 atom stereocenters. The highest BCUT2D eigenvalue weighted by atomic mass is 16.3. The van der Waals surface area contributed by atoms with E-state index in [1.165, 1.54) is 10.6 Å². The lowest BCUT2D eigenvalue weighted by Gasteiger charge is -2.13. The van der Waals surface area contributed by atoms with Gasteiger partial charge < -0.3 is 15.0 Å². The van der Waals surface area contributed by atoms with Gasteiger partial charge in [-0.3, -0.25) is 9.59 Å². The van der Waals surface area contributed by atoms with Crippen molar-refractivity contribution in [2.45, 2.75) is 26.0 Å². The Morgan fingerprint density at radius 2 is 2.09 bits per heavy atom. The topological polar surface area (TPSA) is 71.3 Å². The van der Waals surface area contributed by atoms with Gasteiger partial charge in [0.2, 0.25) is 5.91 Å². The summed E-state index contributed by atoms with van der Waals surface area (Å²) >= 11 is 0. The summed E-state index contributed by atoms with van der Waals surface area (Å²) < 4.78 is 1.41. The van der Waals surface area contributed by atoms with E-state index in [4.69, 9.17) is 0 Å². The van der Waals surface area contributed by atoms with Gasteiger partial charge in [-0.2, -0.15) is 0 Å². The molecule has 1 aromatic heterocycles. The van der Waals surface area contributed by atoms with Crippen LogP contribution in [-0.2, 0) is 17.8 Å². The fourth-order valence-corrected chi connectivity index (χ4v) is 2.20. The Kier molecular flexibility index (Phi) is 5.49. The third-order valence-electron chi connectivity index (χ3n) is 3.29. The lowest BCUT2D eigenvalue weighted by Crippen LogP contribution is -2.37. The Balaban J connectivity index is 1.81. The lowest BCUT2D eigenvalue weighted by atomic mass is 10.1. The van der Waals surface area contributed by atoms with Crippen LogP contribution in [-0.4, -0.2) is 28.2 Å². The molecule has 0 saturated heterocycles. The van der Waals surface area contributed by atoms with Crippen LogP contribution in [0.1, 0.15) is 11.1 Å². The van der Waals surface area contributed by atoms with E-state index in [1.807, 2.05) is 31.2 Å². The number of benzene rings is 1. The average molecular weight is 300 g/mol. The summed E-state index contributed by atoms with van der Waals surface area (Å²) in [7, 11) is 0. The number of aryl methyl sites for hydroxylation is 1. The summed E-state index contributed by atoms with van der Waals surface area (Å²) in [4.78, 5) is 23.4. The number of hydrogen-bond donors (Lipinski definition) is 2. The van der Waals surface area contributed by atoms with Gasteiger partial charge in [0, 0.05) is 18.8 Å². The zero-order valence-corrected chi connectivity index (χ0v) is 12.5. The summed E-state index contributed by atoms with van der Waals surface area (Å²) in [5.74, 6) is -0.148. The molecule has 0 aliphatic heterocycles. The number of carbonyl (C=O) groups excluding carboxylic acids is 1. The number of carbonyl (C=O) groups is 1. The van der Waals surface area contributed by atoms with E-state index in [0.29, 0.717) is 0 Å². The number of pyridine rings is 1. The summed E-state index contributed by atoms with van der Waals surface area (Å²) in [5, 5.41) is 12.6. The highest BCUT2D eigenvalue weighted by Gasteiger charge is 2.09. The van der Waals surface area contributed by atoms with Gasteiger partial charge in [0.15, 0.2) is 0 Å². The fourth-order valence-electron chi connectivity index (χ4n) is 2.20. The number of rotatable bonds is 6. The number of amides is 1. The number of hydrogen-bond acceptors (Lipinski definition) is 3.